The van der Waals surface area contributed by atoms with E-state index in [0.717, 1.165) is 106 Å². The molecule has 69 heavy (non-hydrogen) atoms. The van der Waals surface area contributed by atoms with E-state index in [1.54, 1.807) is 0 Å². The molecule has 11 aromatic rings. The molecule has 0 radical (unpaired) electrons. The molecule has 3 aliphatic rings. The van der Waals surface area contributed by atoms with Crippen molar-refractivity contribution in [2.45, 2.75) is 12.0 Å². The molecule has 0 fully saturated rings. The Morgan fingerprint density at radius 2 is 0.971 bits per heavy atom. The van der Waals surface area contributed by atoms with Crippen LogP contribution < -0.4 is 14.5 Å². The van der Waals surface area contributed by atoms with Crippen molar-refractivity contribution in [2.75, 3.05) is 9.80 Å². The van der Waals surface area contributed by atoms with Crippen LogP contribution in [0.4, 0.5) is 22.7 Å². The largest absolute Gasteiger partial charge is 0.484 e. The van der Waals surface area contributed by atoms with Gasteiger partial charge >= 0.3 is 0 Å². The Bertz CT molecular complexity index is 3990. The molecule has 2 aliphatic heterocycles. The SMILES string of the molecule is C=C1C(=O)N(c2ccc3c(c2)c2ccccc2n3-c2ccccc2)c2cc(-c3ccc(-c4cccc5c4OC4C=CC=CC54)cc3)ccc2N1c1ccc2c(c1)c1ccccc1n2-c1ccccc1. The van der Waals surface area contributed by atoms with Gasteiger partial charge in [0.1, 0.15) is 17.6 Å². The average Bonchev–Trinajstić information content (AvgIpc) is 4.07. The number of hydrogen-bond acceptors (Lipinski definition) is 3. The van der Waals surface area contributed by atoms with Gasteiger partial charge in [-0.25, -0.2) is 0 Å². The minimum absolute atomic E-state index is 0.0158. The van der Waals surface area contributed by atoms with Crippen LogP contribution in [0.25, 0.3) is 77.2 Å². The summed E-state index contributed by atoms with van der Waals surface area (Å²) in [7, 11) is 0. The van der Waals surface area contributed by atoms with E-state index in [2.05, 4.69) is 234 Å². The molecule has 0 spiro atoms. The molecule has 2 unspecified atom stereocenters. The summed E-state index contributed by atoms with van der Waals surface area (Å²) >= 11 is 0. The van der Waals surface area contributed by atoms with E-state index in [0.29, 0.717) is 5.70 Å². The maximum Gasteiger partial charge on any atom is 0.279 e. The molecule has 0 N–H and O–H groups in total. The summed E-state index contributed by atoms with van der Waals surface area (Å²) in [6.45, 7) is 4.55. The summed E-state index contributed by atoms with van der Waals surface area (Å²) in [4.78, 5) is 19.2. The van der Waals surface area contributed by atoms with E-state index in [4.69, 9.17) is 4.74 Å². The first-order valence-corrected chi connectivity index (χ1v) is 23.5. The van der Waals surface area contributed by atoms with Gasteiger partial charge in [-0.05, 0) is 108 Å². The van der Waals surface area contributed by atoms with E-state index >= 15 is 4.79 Å². The van der Waals surface area contributed by atoms with Crippen molar-refractivity contribution in [3.05, 3.63) is 248 Å². The number of carbonyl (C=O) groups excluding carboxylic acids is 1. The molecule has 0 saturated heterocycles. The zero-order valence-electron chi connectivity index (χ0n) is 37.4. The minimum atomic E-state index is -0.198. The molecule has 2 aromatic heterocycles. The summed E-state index contributed by atoms with van der Waals surface area (Å²) in [5, 5.41) is 4.40. The molecular formula is C63H42N4O2. The predicted octanol–water partition coefficient (Wildman–Crippen LogP) is 15.5. The van der Waals surface area contributed by atoms with Crippen LogP contribution in [-0.4, -0.2) is 21.1 Å². The van der Waals surface area contributed by atoms with Crippen LogP contribution in [0.15, 0.2) is 243 Å². The Balaban J connectivity index is 0.924. The summed E-state index contributed by atoms with van der Waals surface area (Å²) in [6, 6.07) is 72.4. The highest BCUT2D eigenvalue weighted by Crippen LogP contribution is 2.50. The van der Waals surface area contributed by atoms with Crippen LogP contribution >= 0.6 is 0 Å². The van der Waals surface area contributed by atoms with Crippen molar-refractivity contribution in [3.8, 4) is 39.4 Å². The van der Waals surface area contributed by atoms with Crippen molar-refractivity contribution in [2.24, 2.45) is 0 Å². The maximum atomic E-state index is 15.4. The van der Waals surface area contributed by atoms with Crippen LogP contribution in [0.5, 0.6) is 5.75 Å². The summed E-state index contributed by atoms with van der Waals surface area (Å²) < 4.78 is 11.1. The molecule has 4 heterocycles. The number of fused-ring (bicyclic) bond motifs is 10. The number of aromatic nitrogens is 2. The Labute approximate surface area is 398 Å². The van der Waals surface area contributed by atoms with Gasteiger partial charge in [0.2, 0.25) is 0 Å². The fourth-order valence-electron chi connectivity index (χ4n) is 11.1. The average molecular weight is 887 g/mol. The van der Waals surface area contributed by atoms with E-state index in [1.807, 2.05) is 21.9 Å². The number of hydrogen-bond donors (Lipinski definition) is 0. The van der Waals surface area contributed by atoms with Gasteiger partial charge < -0.3 is 18.8 Å². The quantitative estimate of drug-likeness (QED) is 0.156. The maximum absolute atomic E-state index is 15.4. The molecule has 1 aliphatic carbocycles. The van der Waals surface area contributed by atoms with Gasteiger partial charge in [-0.1, -0.05) is 146 Å². The van der Waals surface area contributed by atoms with Crippen molar-refractivity contribution in [1.82, 2.24) is 9.13 Å². The van der Waals surface area contributed by atoms with Crippen molar-refractivity contribution in [1.29, 1.82) is 0 Å². The van der Waals surface area contributed by atoms with E-state index in [-0.39, 0.29) is 17.9 Å². The molecule has 0 saturated carbocycles. The Morgan fingerprint density at radius 3 is 1.62 bits per heavy atom. The van der Waals surface area contributed by atoms with E-state index in [1.165, 1.54) is 5.56 Å². The van der Waals surface area contributed by atoms with Gasteiger partial charge in [-0.15, -0.1) is 0 Å². The summed E-state index contributed by atoms with van der Waals surface area (Å²) in [5.41, 5.74) is 15.6. The molecular weight excluding hydrogens is 845 g/mol. The highest BCUT2D eigenvalue weighted by atomic mass is 16.5. The number of amides is 1. The van der Waals surface area contributed by atoms with Gasteiger partial charge in [0.25, 0.3) is 5.91 Å². The van der Waals surface area contributed by atoms with Crippen molar-refractivity contribution >= 4 is 72.3 Å². The number of carbonyl (C=O) groups is 1. The van der Waals surface area contributed by atoms with Gasteiger partial charge in [0.05, 0.1) is 39.1 Å². The van der Waals surface area contributed by atoms with Crippen molar-refractivity contribution < 1.29 is 9.53 Å². The Morgan fingerprint density at radius 1 is 0.420 bits per heavy atom. The normalized spacial score (nSPS) is 16.1. The third kappa shape index (κ3) is 5.95. The van der Waals surface area contributed by atoms with E-state index < -0.39 is 0 Å². The van der Waals surface area contributed by atoms with Gasteiger partial charge in [-0.2, -0.15) is 0 Å². The van der Waals surface area contributed by atoms with Gasteiger partial charge in [0.15, 0.2) is 0 Å². The second-order valence-corrected chi connectivity index (χ2v) is 18.1. The monoisotopic (exact) mass is 886 g/mol. The first-order chi connectivity index (χ1) is 34.1. The second kappa shape index (κ2) is 15.2. The predicted molar refractivity (Wildman–Crippen MR) is 283 cm³/mol. The Kier molecular flexibility index (Phi) is 8.61. The molecule has 0 bridgehead atoms. The molecule has 326 valence electrons. The molecule has 14 rings (SSSR count). The lowest BCUT2D eigenvalue weighted by Gasteiger charge is -2.39. The number of rotatable bonds is 6. The third-order valence-corrected chi connectivity index (χ3v) is 14.3. The number of nitrogens with zero attached hydrogens (tertiary/aromatic N) is 4. The standard InChI is InChI=1S/C63H42N4O2/c1-40-63(68)67(47-33-36-58-54(39-47)50-20-9-12-25-56(50)66(58)45-17-6-3-7-18-45)60-37-43(41-27-29-42(30-28-41)48-22-14-23-52-51-21-10-13-26-61(51)69-62(48)52)31-34-59(60)64(40)46-32-35-57-53(38-46)49-19-8-11-24-55(49)65(57)44-15-4-2-5-16-44/h2-39,51,61H,1H2. The summed E-state index contributed by atoms with van der Waals surface area (Å²) in [5.74, 6) is 0.975. The topological polar surface area (TPSA) is 42.6 Å². The molecule has 2 atom stereocenters. The van der Waals surface area contributed by atoms with Gasteiger partial charge in [0, 0.05) is 55.7 Å². The van der Waals surface area contributed by atoms with Crippen molar-refractivity contribution in [3.63, 3.8) is 0 Å². The lowest BCUT2D eigenvalue weighted by molar-refractivity contribution is -0.114. The molecule has 6 heteroatoms. The zero-order valence-corrected chi connectivity index (χ0v) is 37.4. The fourth-order valence-corrected chi connectivity index (χ4v) is 11.1. The number of para-hydroxylation sites is 5. The number of benzene rings is 9. The van der Waals surface area contributed by atoms with E-state index in [9.17, 15) is 0 Å². The fraction of sp³-hybridized carbons (Fsp3) is 0.0317. The number of allylic oxidation sites excluding steroid dienone is 2. The highest BCUT2D eigenvalue weighted by molar-refractivity contribution is 6.21. The van der Waals surface area contributed by atoms with Crippen LogP contribution in [-0.2, 0) is 4.79 Å². The lowest BCUT2D eigenvalue weighted by Crippen LogP contribution is -2.39. The second-order valence-electron chi connectivity index (χ2n) is 18.1. The first-order valence-electron chi connectivity index (χ1n) is 23.5. The number of anilines is 4. The smallest absolute Gasteiger partial charge is 0.279 e. The molecule has 1 amide bonds. The third-order valence-electron chi connectivity index (χ3n) is 14.3. The summed E-state index contributed by atoms with van der Waals surface area (Å²) in [6.07, 6.45) is 8.56. The van der Waals surface area contributed by atoms with Gasteiger partial charge in [-0.3, -0.25) is 9.69 Å². The highest BCUT2D eigenvalue weighted by Gasteiger charge is 2.37. The molecule has 9 aromatic carbocycles. The Hall–Kier alpha value is -9.13. The van der Waals surface area contributed by atoms with Crippen LogP contribution in [0.2, 0.25) is 0 Å². The van der Waals surface area contributed by atoms with Crippen LogP contribution in [0.1, 0.15) is 11.5 Å². The molecule has 6 nitrogen and oxygen atoms in total. The number of ether oxygens (including phenoxy) is 1. The van der Waals surface area contributed by atoms with Crippen LogP contribution in [0, 0.1) is 0 Å². The zero-order chi connectivity index (χ0) is 45.7. The van der Waals surface area contributed by atoms with Crippen LogP contribution in [0.3, 0.4) is 0 Å². The lowest BCUT2D eigenvalue weighted by atomic mass is 9.90. The minimum Gasteiger partial charge on any atom is -0.484 e. The first kappa shape index (κ1) is 39.1.